The number of nitrogens with zero attached hydrogens (tertiary/aromatic N) is 1. The lowest BCUT2D eigenvalue weighted by molar-refractivity contribution is -0.140. The standard InChI is InChI=1S/C15H28N2O/c1-12-8-9-17(14(10-12)11-16)15(18)13-6-4-2-3-5-7-13/h12-14H,2-11,16H2,1H3. The minimum atomic E-state index is 0.287. The number of nitrogens with two attached hydrogens (primary N) is 1. The Morgan fingerprint density at radius 2 is 1.83 bits per heavy atom. The molecule has 0 aromatic carbocycles. The van der Waals surface area contributed by atoms with E-state index in [9.17, 15) is 4.79 Å². The average molecular weight is 252 g/mol. The summed E-state index contributed by atoms with van der Waals surface area (Å²) < 4.78 is 0. The van der Waals surface area contributed by atoms with Gasteiger partial charge in [0.2, 0.25) is 5.91 Å². The van der Waals surface area contributed by atoms with Crippen LogP contribution in [0, 0.1) is 11.8 Å². The number of hydrogen-bond acceptors (Lipinski definition) is 2. The Labute approximate surface area is 111 Å². The predicted molar refractivity (Wildman–Crippen MR) is 74.1 cm³/mol. The highest BCUT2D eigenvalue weighted by Gasteiger charge is 2.32. The van der Waals surface area contributed by atoms with Crippen LogP contribution in [0.25, 0.3) is 0 Å². The van der Waals surface area contributed by atoms with Crippen molar-refractivity contribution in [1.82, 2.24) is 4.90 Å². The first-order chi connectivity index (χ1) is 8.72. The fourth-order valence-electron chi connectivity index (χ4n) is 3.53. The summed E-state index contributed by atoms with van der Waals surface area (Å²) in [5, 5.41) is 0. The van der Waals surface area contributed by atoms with E-state index in [1.165, 1.54) is 25.7 Å². The van der Waals surface area contributed by atoms with Gasteiger partial charge < -0.3 is 10.6 Å². The minimum Gasteiger partial charge on any atom is -0.338 e. The molecular weight excluding hydrogens is 224 g/mol. The summed E-state index contributed by atoms with van der Waals surface area (Å²) in [6.45, 7) is 3.83. The van der Waals surface area contributed by atoms with Crippen molar-refractivity contribution in [3.63, 3.8) is 0 Å². The summed E-state index contributed by atoms with van der Waals surface area (Å²) in [6.07, 6.45) is 9.51. The lowest BCUT2D eigenvalue weighted by atomic mass is 9.90. The molecule has 1 aliphatic heterocycles. The van der Waals surface area contributed by atoms with Gasteiger partial charge in [-0.15, -0.1) is 0 Å². The molecule has 1 amide bonds. The van der Waals surface area contributed by atoms with Crippen LogP contribution in [0.3, 0.4) is 0 Å². The molecule has 2 atom stereocenters. The van der Waals surface area contributed by atoms with Gasteiger partial charge >= 0.3 is 0 Å². The monoisotopic (exact) mass is 252 g/mol. The van der Waals surface area contributed by atoms with Crippen LogP contribution in [0.1, 0.15) is 58.3 Å². The quantitative estimate of drug-likeness (QED) is 0.768. The van der Waals surface area contributed by atoms with Gasteiger partial charge in [-0.1, -0.05) is 32.6 Å². The lowest BCUT2D eigenvalue weighted by Crippen LogP contribution is -2.51. The number of rotatable bonds is 2. The molecule has 1 heterocycles. The molecule has 1 aliphatic carbocycles. The Bertz CT molecular complexity index is 272. The van der Waals surface area contributed by atoms with Gasteiger partial charge in [-0.25, -0.2) is 0 Å². The molecule has 0 aromatic heterocycles. The highest BCUT2D eigenvalue weighted by Crippen LogP contribution is 2.28. The average Bonchev–Trinajstić information content (AvgIpc) is 2.66. The molecule has 2 rings (SSSR count). The molecule has 0 radical (unpaired) electrons. The van der Waals surface area contributed by atoms with Crippen LogP contribution >= 0.6 is 0 Å². The first-order valence-corrected chi connectivity index (χ1v) is 7.73. The van der Waals surface area contributed by atoms with Crippen molar-refractivity contribution in [3.05, 3.63) is 0 Å². The normalized spacial score (nSPS) is 31.1. The molecular formula is C15H28N2O. The third-order valence-electron chi connectivity index (χ3n) is 4.74. The summed E-state index contributed by atoms with van der Waals surface area (Å²) in [4.78, 5) is 14.8. The summed E-state index contributed by atoms with van der Waals surface area (Å²) >= 11 is 0. The van der Waals surface area contributed by atoms with E-state index in [1.807, 2.05) is 0 Å². The summed E-state index contributed by atoms with van der Waals surface area (Å²) in [5.41, 5.74) is 5.86. The van der Waals surface area contributed by atoms with E-state index in [0.717, 1.165) is 38.1 Å². The van der Waals surface area contributed by atoms with Crippen LogP contribution in [-0.4, -0.2) is 29.9 Å². The van der Waals surface area contributed by atoms with Gasteiger partial charge in [-0.05, 0) is 31.6 Å². The van der Waals surface area contributed by atoms with Crippen LogP contribution in [0.4, 0.5) is 0 Å². The summed E-state index contributed by atoms with van der Waals surface area (Å²) in [6, 6.07) is 0.296. The first-order valence-electron chi connectivity index (χ1n) is 7.73. The number of amides is 1. The second-order valence-electron chi connectivity index (χ2n) is 6.24. The first kappa shape index (κ1) is 13.9. The Morgan fingerprint density at radius 3 is 2.44 bits per heavy atom. The molecule has 0 aromatic rings. The van der Waals surface area contributed by atoms with Crippen LogP contribution in [-0.2, 0) is 4.79 Å². The maximum atomic E-state index is 12.7. The van der Waals surface area contributed by atoms with Gasteiger partial charge in [-0.2, -0.15) is 0 Å². The molecule has 0 spiro atoms. The van der Waals surface area contributed by atoms with E-state index >= 15 is 0 Å². The van der Waals surface area contributed by atoms with Crippen molar-refractivity contribution in [2.45, 2.75) is 64.3 Å². The molecule has 18 heavy (non-hydrogen) atoms. The fraction of sp³-hybridized carbons (Fsp3) is 0.933. The van der Waals surface area contributed by atoms with E-state index in [1.54, 1.807) is 0 Å². The molecule has 0 bridgehead atoms. The third-order valence-corrected chi connectivity index (χ3v) is 4.74. The minimum absolute atomic E-state index is 0.287. The van der Waals surface area contributed by atoms with Gasteiger partial charge in [0.15, 0.2) is 0 Å². The highest BCUT2D eigenvalue weighted by atomic mass is 16.2. The van der Waals surface area contributed by atoms with Crippen LogP contribution in [0.15, 0.2) is 0 Å². The Balaban J connectivity index is 1.97. The number of likely N-dealkylation sites (tertiary alicyclic amines) is 1. The lowest BCUT2D eigenvalue weighted by Gasteiger charge is -2.39. The largest absolute Gasteiger partial charge is 0.338 e. The number of carbonyl (C=O) groups excluding carboxylic acids is 1. The molecule has 3 nitrogen and oxygen atoms in total. The van der Waals surface area contributed by atoms with Gasteiger partial charge in [-0.3, -0.25) is 4.79 Å². The number of carbonyl (C=O) groups is 1. The van der Waals surface area contributed by atoms with E-state index in [0.29, 0.717) is 18.5 Å². The molecule has 104 valence electrons. The van der Waals surface area contributed by atoms with Crippen LogP contribution in [0.5, 0.6) is 0 Å². The molecule has 2 unspecified atom stereocenters. The number of piperidine rings is 1. The Kier molecular flexibility index (Phi) is 5.04. The smallest absolute Gasteiger partial charge is 0.225 e. The highest BCUT2D eigenvalue weighted by molar-refractivity contribution is 5.79. The van der Waals surface area contributed by atoms with E-state index in [2.05, 4.69) is 11.8 Å². The SMILES string of the molecule is CC1CCN(C(=O)C2CCCCCC2)C(CN)C1. The van der Waals surface area contributed by atoms with Crippen molar-refractivity contribution in [2.75, 3.05) is 13.1 Å². The van der Waals surface area contributed by atoms with Gasteiger partial charge in [0.05, 0.1) is 0 Å². The maximum Gasteiger partial charge on any atom is 0.225 e. The Hall–Kier alpha value is -0.570. The number of hydrogen-bond donors (Lipinski definition) is 1. The summed E-state index contributed by atoms with van der Waals surface area (Å²) in [7, 11) is 0. The molecule has 2 N–H and O–H groups in total. The van der Waals surface area contributed by atoms with Crippen molar-refractivity contribution in [1.29, 1.82) is 0 Å². The summed E-state index contributed by atoms with van der Waals surface area (Å²) in [5.74, 6) is 1.41. The topological polar surface area (TPSA) is 46.3 Å². The van der Waals surface area contributed by atoms with Crippen molar-refractivity contribution < 1.29 is 4.79 Å². The van der Waals surface area contributed by atoms with E-state index < -0.39 is 0 Å². The second kappa shape index (κ2) is 6.55. The molecule has 2 aliphatic rings. The van der Waals surface area contributed by atoms with Crippen molar-refractivity contribution >= 4 is 5.91 Å². The van der Waals surface area contributed by atoms with Gasteiger partial charge in [0, 0.05) is 25.0 Å². The zero-order valence-electron chi connectivity index (χ0n) is 11.7. The van der Waals surface area contributed by atoms with E-state index in [-0.39, 0.29) is 5.92 Å². The molecule has 1 saturated heterocycles. The maximum absolute atomic E-state index is 12.7. The second-order valence-corrected chi connectivity index (χ2v) is 6.24. The van der Waals surface area contributed by atoms with E-state index in [4.69, 9.17) is 5.73 Å². The predicted octanol–water partition coefficient (Wildman–Crippen LogP) is 2.54. The Morgan fingerprint density at radius 1 is 1.17 bits per heavy atom. The van der Waals surface area contributed by atoms with Gasteiger partial charge in [0.1, 0.15) is 0 Å². The van der Waals surface area contributed by atoms with Crippen molar-refractivity contribution in [3.8, 4) is 0 Å². The van der Waals surface area contributed by atoms with Crippen molar-refractivity contribution in [2.24, 2.45) is 17.6 Å². The molecule has 1 saturated carbocycles. The molecule has 3 heteroatoms. The zero-order chi connectivity index (χ0) is 13.0. The zero-order valence-corrected chi connectivity index (χ0v) is 11.7. The molecule has 2 fully saturated rings. The van der Waals surface area contributed by atoms with Crippen LogP contribution < -0.4 is 5.73 Å². The fourth-order valence-corrected chi connectivity index (χ4v) is 3.53. The third kappa shape index (κ3) is 3.25. The van der Waals surface area contributed by atoms with Gasteiger partial charge in [0.25, 0.3) is 0 Å². The van der Waals surface area contributed by atoms with Crippen LogP contribution in [0.2, 0.25) is 0 Å².